The Morgan fingerprint density at radius 1 is 0.912 bits per heavy atom. The first-order valence-electron chi connectivity index (χ1n) is 11.1. The third-order valence-electron chi connectivity index (χ3n) is 5.84. The van der Waals surface area contributed by atoms with Gasteiger partial charge in [0.15, 0.2) is 0 Å². The van der Waals surface area contributed by atoms with Crippen molar-refractivity contribution >= 4 is 33.4 Å². The van der Waals surface area contributed by atoms with Crippen molar-refractivity contribution in [3.8, 4) is 0 Å². The number of rotatable bonds is 7. The second-order valence-corrected chi connectivity index (χ2v) is 12.1. The van der Waals surface area contributed by atoms with Gasteiger partial charge in [-0.3, -0.25) is 9.10 Å². The van der Waals surface area contributed by atoms with E-state index in [1.165, 1.54) is 16.9 Å². The van der Waals surface area contributed by atoms with Gasteiger partial charge in [-0.05, 0) is 78.3 Å². The van der Waals surface area contributed by atoms with Crippen molar-refractivity contribution in [2.75, 3.05) is 17.6 Å². The molecule has 3 rings (SSSR count). The Kier molecular flexibility index (Phi) is 7.78. The zero-order chi connectivity index (χ0) is 25.1. The molecule has 0 aliphatic rings. The third-order valence-corrected chi connectivity index (χ3v) is 8.38. The molecule has 0 saturated heterocycles. The molecule has 3 aromatic carbocycles. The number of carbonyl (C=O) groups excluding carboxylic acids is 1. The number of anilines is 1. The van der Waals surface area contributed by atoms with Crippen LogP contribution in [-0.4, -0.2) is 27.6 Å². The minimum Gasteiger partial charge on any atom is -0.346 e. The Morgan fingerprint density at radius 3 is 1.97 bits per heavy atom. The van der Waals surface area contributed by atoms with Crippen molar-refractivity contribution in [2.24, 2.45) is 0 Å². The molecule has 34 heavy (non-hydrogen) atoms. The summed E-state index contributed by atoms with van der Waals surface area (Å²) >= 11 is 1.55. The molecule has 1 amide bonds. The molecular formula is C27H32N2O3S2. The van der Waals surface area contributed by atoms with Crippen LogP contribution in [-0.2, 0) is 15.4 Å². The number of sulfonamides is 1. The van der Waals surface area contributed by atoms with Crippen LogP contribution in [0.15, 0.2) is 82.6 Å². The molecule has 0 aliphatic heterocycles. The van der Waals surface area contributed by atoms with Crippen molar-refractivity contribution in [3.05, 3.63) is 89.5 Å². The fourth-order valence-corrected chi connectivity index (χ4v) is 5.11. The third kappa shape index (κ3) is 5.83. The maximum absolute atomic E-state index is 13.0. The molecule has 1 atom stereocenters. The van der Waals surface area contributed by atoms with Crippen LogP contribution in [0.1, 0.15) is 55.2 Å². The quantitative estimate of drug-likeness (QED) is 0.406. The Balaban J connectivity index is 1.69. The molecule has 0 radical (unpaired) electrons. The summed E-state index contributed by atoms with van der Waals surface area (Å²) in [5, 5.41) is 3.01. The van der Waals surface area contributed by atoms with E-state index < -0.39 is 10.0 Å². The highest BCUT2D eigenvalue weighted by atomic mass is 32.2. The standard InChI is InChI=1S/C27H32N2O3S2/c1-19(20-7-11-22(12-8-20)27(2,3)4)28-26(30)21-9-13-23(14-10-21)29(5)34(31,32)25-17-15-24(33-6)16-18-25/h7-19H,1-6H3,(H,28,30)/t19-/m1/s1. The van der Waals surface area contributed by atoms with E-state index in [0.29, 0.717) is 11.3 Å². The first-order valence-corrected chi connectivity index (χ1v) is 13.7. The van der Waals surface area contributed by atoms with Gasteiger partial charge in [-0.25, -0.2) is 8.42 Å². The van der Waals surface area contributed by atoms with E-state index in [1.807, 2.05) is 25.3 Å². The average molecular weight is 497 g/mol. The maximum Gasteiger partial charge on any atom is 0.264 e. The minimum absolute atomic E-state index is 0.0748. The molecule has 0 heterocycles. The normalized spacial score (nSPS) is 12.8. The topological polar surface area (TPSA) is 66.5 Å². The Hall–Kier alpha value is -2.77. The molecule has 0 fully saturated rings. The molecule has 180 valence electrons. The van der Waals surface area contributed by atoms with E-state index >= 15 is 0 Å². The van der Waals surface area contributed by atoms with Crippen molar-refractivity contribution in [2.45, 2.75) is 48.9 Å². The van der Waals surface area contributed by atoms with Gasteiger partial charge in [-0.15, -0.1) is 11.8 Å². The predicted octanol–water partition coefficient (Wildman–Crippen LogP) is 6.02. The Bertz CT molecular complexity index is 1230. The lowest BCUT2D eigenvalue weighted by molar-refractivity contribution is 0.0940. The highest BCUT2D eigenvalue weighted by Gasteiger charge is 2.22. The summed E-state index contributed by atoms with van der Waals surface area (Å²) in [7, 11) is -2.19. The van der Waals surface area contributed by atoms with Crippen LogP contribution < -0.4 is 9.62 Å². The number of hydrogen-bond donors (Lipinski definition) is 1. The summed E-state index contributed by atoms with van der Waals surface area (Å²) in [6.07, 6.45) is 1.94. The molecule has 1 N–H and O–H groups in total. The number of carbonyl (C=O) groups is 1. The van der Waals surface area contributed by atoms with E-state index in [9.17, 15) is 13.2 Å². The van der Waals surface area contributed by atoms with Gasteiger partial charge in [0, 0.05) is 17.5 Å². The molecule has 3 aromatic rings. The Labute approximate surface area is 207 Å². The maximum atomic E-state index is 13.0. The molecule has 0 spiro atoms. The molecule has 0 unspecified atom stereocenters. The van der Waals surface area contributed by atoms with Crippen LogP contribution in [0.5, 0.6) is 0 Å². The molecule has 7 heteroatoms. The van der Waals surface area contributed by atoms with E-state index in [4.69, 9.17) is 0 Å². The predicted molar refractivity (Wildman–Crippen MR) is 141 cm³/mol. The second kappa shape index (κ2) is 10.2. The monoisotopic (exact) mass is 496 g/mol. The number of nitrogens with zero attached hydrogens (tertiary/aromatic N) is 1. The summed E-state index contributed by atoms with van der Waals surface area (Å²) in [4.78, 5) is 14.0. The minimum atomic E-state index is -3.70. The van der Waals surface area contributed by atoms with Crippen molar-refractivity contribution in [1.29, 1.82) is 0 Å². The molecule has 0 saturated carbocycles. The van der Waals surface area contributed by atoms with E-state index in [1.54, 1.807) is 60.3 Å². The van der Waals surface area contributed by atoms with Gasteiger partial charge < -0.3 is 5.32 Å². The lowest BCUT2D eigenvalue weighted by Gasteiger charge is -2.21. The zero-order valence-corrected chi connectivity index (χ0v) is 22.1. The fraction of sp³-hybridized carbons (Fsp3) is 0.296. The SMILES string of the molecule is CSc1ccc(S(=O)(=O)N(C)c2ccc(C(=O)N[C@H](C)c3ccc(C(C)(C)C)cc3)cc2)cc1. The van der Waals surface area contributed by atoms with Crippen LogP contribution >= 0.6 is 11.8 Å². The highest BCUT2D eigenvalue weighted by Crippen LogP contribution is 2.26. The van der Waals surface area contributed by atoms with Gasteiger partial charge in [0.1, 0.15) is 0 Å². The van der Waals surface area contributed by atoms with Crippen molar-refractivity contribution in [3.63, 3.8) is 0 Å². The van der Waals surface area contributed by atoms with Crippen LogP contribution in [0.3, 0.4) is 0 Å². The van der Waals surface area contributed by atoms with Crippen LogP contribution in [0.4, 0.5) is 5.69 Å². The highest BCUT2D eigenvalue weighted by molar-refractivity contribution is 7.98. The van der Waals surface area contributed by atoms with E-state index in [2.05, 4.69) is 38.2 Å². The number of amides is 1. The largest absolute Gasteiger partial charge is 0.346 e. The van der Waals surface area contributed by atoms with Gasteiger partial charge in [-0.1, -0.05) is 45.0 Å². The molecule has 0 aliphatic carbocycles. The summed E-state index contributed by atoms with van der Waals surface area (Å²) in [5.41, 5.74) is 3.29. The van der Waals surface area contributed by atoms with Crippen LogP contribution in [0, 0.1) is 0 Å². The summed E-state index contributed by atoms with van der Waals surface area (Å²) in [5.74, 6) is -0.211. The van der Waals surface area contributed by atoms with Crippen LogP contribution in [0.2, 0.25) is 0 Å². The number of benzene rings is 3. The molecular weight excluding hydrogens is 464 g/mol. The number of thioether (sulfide) groups is 1. The molecule has 0 bridgehead atoms. The summed E-state index contributed by atoms with van der Waals surface area (Å²) in [6.45, 7) is 8.45. The van der Waals surface area contributed by atoms with Crippen molar-refractivity contribution in [1.82, 2.24) is 5.32 Å². The van der Waals surface area contributed by atoms with E-state index in [-0.39, 0.29) is 22.3 Å². The Morgan fingerprint density at radius 2 is 1.47 bits per heavy atom. The van der Waals surface area contributed by atoms with Gasteiger partial charge in [0.05, 0.1) is 16.6 Å². The first-order chi connectivity index (χ1) is 15.9. The summed E-state index contributed by atoms with van der Waals surface area (Å²) in [6, 6.07) is 21.5. The molecule has 0 aromatic heterocycles. The van der Waals surface area contributed by atoms with E-state index in [0.717, 1.165) is 10.5 Å². The lowest BCUT2D eigenvalue weighted by atomic mass is 9.86. The van der Waals surface area contributed by atoms with Gasteiger partial charge >= 0.3 is 0 Å². The zero-order valence-electron chi connectivity index (χ0n) is 20.5. The van der Waals surface area contributed by atoms with Gasteiger partial charge in [-0.2, -0.15) is 0 Å². The van der Waals surface area contributed by atoms with Gasteiger partial charge in [0.2, 0.25) is 0 Å². The smallest absolute Gasteiger partial charge is 0.264 e. The van der Waals surface area contributed by atoms with Crippen LogP contribution in [0.25, 0.3) is 0 Å². The second-order valence-electron chi connectivity index (χ2n) is 9.26. The first kappa shape index (κ1) is 25.8. The number of hydrogen-bond acceptors (Lipinski definition) is 4. The van der Waals surface area contributed by atoms with Gasteiger partial charge in [0.25, 0.3) is 15.9 Å². The summed E-state index contributed by atoms with van der Waals surface area (Å²) < 4.78 is 27.2. The fourth-order valence-electron chi connectivity index (χ4n) is 3.50. The molecule has 5 nitrogen and oxygen atoms in total. The average Bonchev–Trinajstić information content (AvgIpc) is 2.83. The lowest BCUT2D eigenvalue weighted by Crippen LogP contribution is -2.28. The van der Waals surface area contributed by atoms with Crippen molar-refractivity contribution < 1.29 is 13.2 Å². The number of nitrogens with one attached hydrogen (secondary N) is 1.